The van der Waals surface area contributed by atoms with Crippen molar-refractivity contribution in [3.05, 3.63) is 71.6 Å². The molecular weight excluding hydrogens is 332 g/mol. The van der Waals surface area contributed by atoms with Gasteiger partial charge in [-0.05, 0) is 35.9 Å². The summed E-state index contributed by atoms with van der Waals surface area (Å²) in [5.74, 6) is 0.356. The third-order valence-electron chi connectivity index (χ3n) is 3.46. The third-order valence-corrected chi connectivity index (χ3v) is 3.46. The quantitative estimate of drug-likeness (QED) is 0.711. The molecule has 0 unspecified atom stereocenters. The number of hydrogen-bond acceptors (Lipinski definition) is 6. The Morgan fingerprint density at radius 1 is 1.15 bits per heavy atom. The molecule has 3 rings (SSSR count). The molecule has 0 saturated heterocycles. The van der Waals surface area contributed by atoms with Crippen LogP contribution in [-0.4, -0.2) is 23.2 Å². The molecule has 0 fully saturated rings. The van der Waals surface area contributed by atoms with Gasteiger partial charge in [-0.15, -0.1) is 5.10 Å². The summed E-state index contributed by atoms with van der Waals surface area (Å²) in [4.78, 5) is 12.1. The molecule has 0 saturated carbocycles. The van der Waals surface area contributed by atoms with Gasteiger partial charge in [0, 0.05) is 5.56 Å². The van der Waals surface area contributed by atoms with Crippen LogP contribution in [0.4, 0.5) is 6.01 Å². The van der Waals surface area contributed by atoms with Crippen molar-refractivity contribution < 1.29 is 13.9 Å². The van der Waals surface area contributed by atoms with Crippen LogP contribution in [0.1, 0.15) is 21.8 Å². The predicted octanol–water partition coefficient (Wildman–Crippen LogP) is 3.39. The largest absolute Gasteiger partial charge is 0.497 e. The number of anilines is 1. The number of carbonyl (C=O) groups is 1. The Labute approximate surface area is 149 Å². The molecule has 1 amide bonds. The highest BCUT2D eigenvalue weighted by atomic mass is 16.5. The Morgan fingerprint density at radius 3 is 2.54 bits per heavy atom. The van der Waals surface area contributed by atoms with Crippen molar-refractivity contribution >= 4 is 23.6 Å². The zero-order valence-electron chi connectivity index (χ0n) is 13.8. The minimum absolute atomic E-state index is 0.0201. The molecule has 0 atom stereocenters. The molecule has 7 heteroatoms. The van der Waals surface area contributed by atoms with Gasteiger partial charge in [0.15, 0.2) is 0 Å². The monoisotopic (exact) mass is 346 g/mol. The molecule has 26 heavy (non-hydrogen) atoms. The van der Waals surface area contributed by atoms with E-state index in [0.29, 0.717) is 11.3 Å². The van der Waals surface area contributed by atoms with Crippen LogP contribution in [-0.2, 0) is 0 Å². The van der Waals surface area contributed by atoms with Crippen LogP contribution in [0.2, 0.25) is 0 Å². The van der Waals surface area contributed by atoms with Crippen LogP contribution in [0.15, 0.2) is 59.0 Å². The maximum absolute atomic E-state index is 12.1. The fraction of sp³-hybridized carbons (Fsp3) is 0.0526. The number of benzene rings is 2. The van der Waals surface area contributed by atoms with E-state index >= 15 is 0 Å². The lowest BCUT2D eigenvalue weighted by molar-refractivity contribution is 0.102. The normalized spacial score (nSPS) is 10.8. The summed E-state index contributed by atoms with van der Waals surface area (Å²) in [5, 5.41) is 19.4. The maximum Gasteiger partial charge on any atom is 0.322 e. The molecule has 0 bridgehead atoms. The van der Waals surface area contributed by atoms with Crippen LogP contribution in [0, 0.1) is 11.3 Å². The van der Waals surface area contributed by atoms with Gasteiger partial charge in [0.1, 0.15) is 17.4 Å². The minimum Gasteiger partial charge on any atom is -0.497 e. The highest BCUT2D eigenvalue weighted by Crippen LogP contribution is 2.20. The van der Waals surface area contributed by atoms with E-state index < -0.39 is 0 Å². The molecule has 0 aliphatic heterocycles. The van der Waals surface area contributed by atoms with E-state index in [-0.39, 0.29) is 23.4 Å². The Bertz CT molecular complexity index is 970. The summed E-state index contributed by atoms with van der Waals surface area (Å²) in [6, 6.07) is 17.7. The van der Waals surface area contributed by atoms with Crippen LogP contribution in [0.3, 0.4) is 0 Å². The second kappa shape index (κ2) is 7.77. The number of nitrogens with zero attached hydrogens (tertiary/aromatic N) is 3. The molecule has 1 N–H and O–H groups in total. The van der Waals surface area contributed by atoms with Crippen molar-refractivity contribution in [2.24, 2.45) is 0 Å². The van der Waals surface area contributed by atoms with Gasteiger partial charge in [0.05, 0.1) is 7.11 Å². The standard InChI is InChI=1S/C19H14N4O3/c1-25-16-9-7-13(8-10-16)11-15(12-20)18-22-23-19(26-18)21-17(24)14-5-3-2-4-6-14/h2-11H,1H3,(H,21,23,24). The molecule has 0 aliphatic rings. The van der Waals surface area contributed by atoms with Crippen LogP contribution >= 0.6 is 0 Å². The SMILES string of the molecule is COc1ccc(C=C(C#N)c2nnc(NC(=O)c3ccccc3)o2)cc1. The van der Waals surface area contributed by atoms with Crippen molar-refractivity contribution in [1.29, 1.82) is 5.26 Å². The molecule has 0 aliphatic carbocycles. The zero-order chi connectivity index (χ0) is 18.4. The average Bonchev–Trinajstić information content (AvgIpc) is 3.15. The number of amides is 1. The van der Waals surface area contributed by atoms with Gasteiger partial charge < -0.3 is 9.15 Å². The number of rotatable bonds is 5. The molecule has 0 radical (unpaired) electrons. The molecule has 128 valence electrons. The number of ether oxygens (including phenoxy) is 1. The predicted molar refractivity (Wildman–Crippen MR) is 95.2 cm³/mol. The molecule has 3 aromatic rings. The number of hydrogen-bond donors (Lipinski definition) is 1. The van der Waals surface area contributed by atoms with Crippen LogP contribution in [0.5, 0.6) is 5.75 Å². The molecule has 7 nitrogen and oxygen atoms in total. The second-order valence-electron chi connectivity index (χ2n) is 5.18. The Kier molecular flexibility index (Phi) is 5.05. The molecule has 0 spiro atoms. The van der Waals surface area contributed by atoms with Crippen molar-refractivity contribution in [1.82, 2.24) is 10.2 Å². The number of carbonyl (C=O) groups excluding carboxylic acids is 1. The first kappa shape index (κ1) is 16.9. The average molecular weight is 346 g/mol. The highest BCUT2D eigenvalue weighted by Gasteiger charge is 2.14. The van der Waals surface area contributed by atoms with E-state index in [4.69, 9.17) is 9.15 Å². The number of nitriles is 1. The van der Waals surface area contributed by atoms with Gasteiger partial charge in [0.25, 0.3) is 11.8 Å². The van der Waals surface area contributed by atoms with E-state index in [1.54, 1.807) is 61.7 Å². The fourth-order valence-corrected chi connectivity index (χ4v) is 2.15. The lowest BCUT2D eigenvalue weighted by atomic mass is 10.1. The first-order valence-electron chi connectivity index (χ1n) is 7.65. The second-order valence-corrected chi connectivity index (χ2v) is 5.18. The lowest BCUT2D eigenvalue weighted by Gasteiger charge is -2.00. The number of allylic oxidation sites excluding steroid dienone is 1. The summed E-state index contributed by atoms with van der Waals surface area (Å²) >= 11 is 0. The summed E-state index contributed by atoms with van der Waals surface area (Å²) in [7, 11) is 1.58. The number of aromatic nitrogens is 2. The number of methoxy groups -OCH3 is 1. The summed E-state index contributed by atoms with van der Waals surface area (Å²) < 4.78 is 10.5. The van der Waals surface area contributed by atoms with Gasteiger partial charge in [-0.3, -0.25) is 10.1 Å². The van der Waals surface area contributed by atoms with Crippen LogP contribution in [0.25, 0.3) is 11.6 Å². The molecule has 1 heterocycles. The first-order chi connectivity index (χ1) is 12.7. The van der Waals surface area contributed by atoms with Crippen molar-refractivity contribution in [2.45, 2.75) is 0 Å². The Morgan fingerprint density at radius 2 is 1.88 bits per heavy atom. The molecule has 2 aromatic carbocycles. The van der Waals surface area contributed by atoms with Gasteiger partial charge in [-0.25, -0.2) is 0 Å². The zero-order valence-corrected chi connectivity index (χ0v) is 13.8. The highest BCUT2D eigenvalue weighted by molar-refractivity contribution is 6.03. The van der Waals surface area contributed by atoms with E-state index in [2.05, 4.69) is 15.5 Å². The number of nitrogens with one attached hydrogen (secondary N) is 1. The van der Waals surface area contributed by atoms with Crippen molar-refractivity contribution in [3.63, 3.8) is 0 Å². The van der Waals surface area contributed by atoms with Crippen molar-refractivity contribution in [3.8, 4) is 11.8 Å². The van der Waals surface area contributed by atoms with E-state index in [0.717, 1.165) is 5.56 Å². The van der Waals surface area contributed by atoms with Gasteiger partial charge in [-0.2, -0.15) is 5.26 Å². The summed E-state index contributed by atoms with van der Waals surface area (Å²) in [5.41, 5.74) is 1.42. The summed E-state index contributed by atoms with van der Waals surface area (Å²) in [6.45, 7) is 0. The van der Waals surface area contributed by atoms with E-state index in [1.165, 1.54) is 0 Å². The minimum atomic E-state index is -0.376. The molecular formula is C19H14N4O3. The van der Waals surface area contributed by atoms with Gasteiger partial charge >= 0.3 is 6.01 Å². The van der Waals surface area contributed by atoms with Gasteiger partial charge in [-0.1, -0.05) is 35.4 Å². The smallest absolute Gasteiger partial charge is 0.322 e. The Hall–Kier alpha value is -3.92. The third kappa shape index (κ3) is 3.94. The lowest BCUT2D eigenvalue weighted by Crippen LogP contribution is -2.11. The summed E-state index contributed by atoms with van der Waals surface area (Å²) in [6.07, 6.45) is 1.61. The van der Waals surface area contributed by atoms with Gasteiger partial charge in [0.2, 0.25) is 0 Å². The topological polar surface area (TPSA) is 101 Å². The van der Waals surface area contributed by atoms with E-state index in [9.17, 15) is 10.1 Å². The fourth-order valence-electron chi connectivity index (χ4n) is 2.15. The van der Waals surface area contributed by atoms with E-state index in [1.807, 2.05) is 12.1 Å². The van der Waals surface area contributed by atoms with Crippen molar-refractivity contribution in [2.75, 3.05) is 12.4 Å². The van der Waals surface area contributed by atoms with Crippen LogP contribution < -0.4 is 10.1 Å². The molecule has 1 aromatic heterocycles. The Balaban J connectivity index is 1.77. The first-order valence-corrected chi connectivity index (χ1v) is 7.65. The maximum atomic E-state index is 12.1.